The van der Waals surface area contributed by atoms with Crippen LogP contribution < -0.4 is 0 Å². The number of alkyl halides is 2. The summed E-state index contributed by atoms with van der Waals surface area (Å²) in [4.78, 5) is 12.8. The molecule has 0 N–H and O–H groups in total. The molecule has 1 amide bonds. The number of hydrogen-bond acceptors (Lipinski definition) is 2. The Labute approximate surface area is 95.3 Å². The predicted octanol–water partition coefficient (Wildman–Crippen LogP) is 3.39. The van der Waals surface area contributed by atoms with Crippen molar-refractivity contribution in [2.75, 3.05) is 0 Å². The Kier molecular flexibility index (Phi) is 5.02. The standard InChI is InChI=1S/C9H17Cl2NO2/c1-6(10)12(7(2)11)8(13)14-9(3,4)5/h6-7H,1-5H3. The molecule has 0 aromatic rings. The molecule has 0 fully saturated rings. The van der Waals surface area contributed by atoms with Gasteiger partial charge in [-0.3, -0.25) is 4.90 Å². The van der Waals surface area contributed by atoms with Crippen LogP contribution in [0.4, 0.5) is 4.79 Å². The summed E-state index contributed by atoms with van der Waals surface area (Å²) in [7, 11) is 0. The van der Waals surface area contributed by atoms with Gasteiger partial charge in [0.15, 0.2) is 0 Å². The van der Waals surface area contributed by atoms with Crippen molar-refractivity contribution in [3.63, 3.8) is 0 Å². The van der Waals surface area contributed by atoms with Gasteiger partial charge in [0.1, 0.15) is 16.6 Å². The monoisotopic (exact) mass is 241 g/mol. The molecule has 0 radical (unpaired) electrons. The van der Waals surface area contributed by atoms with Gasteiger partial charge >= 0.3 is 6.09 Å². The maximum Gasteiger partial charge on any atom is 0.412 e. The average Bonchev–Trinajstić information content (AvgIpc) is 1.78. The van der Waals surface area contributed by atoms with Crippen molar-refractivity contribution < 1.29 is 9.53 Å². The third-order valence-electron chi connectivity index (χ3n) is 1.37. The average molecular weight is 242 g/mol. The van der Waals surface area contributed by atoms with E-state index in [0.717, 1.165) is 0 Å². The minimum atomic E-state index is -0.535. The number of rotatable bonds is 2. The third-order valence-corrected chi connectivity index (χ3v) is 1.79. The molecule has 0 aliphatic rings. The van der Waals surface area contributed by atoms with E-state index < -0.39 is 22.7 Å². The van der Waals surface area contributed by atoms with Gasteiger partial charge in [-0.05, 0) is 34.6 Å². The molecule has 5 heteroatoms. The maximum absolute atomic E-state index is 11.6. The lowest BCUT2D eigenvalue weighted by Crippen LogP contribution is -2.43. The molecule has 0 bridgehead atoms. The van der Waals surface area contributed by atoms with Crippen molar-refractivity contribution in [2.45, 2.75) is 51.2 Å². The minimum Gasteiger partial charge on any atom is -0.444 e. The summed E-state index contributed by atoms with van der Waals surface area (Å²) in [5.74, 6) is 0. The molecule has 0 aliphatic heterocycles. The molecule has 0 aromatic carbocycles. The van der Waals surface area contributed by atoms with E-state index in [1.54, 1.807) is 34.6 Å². The van der Waals surface area contributed by atoms with Crippen LogP contribution in [-0.2, 0) is 4.74 Å². The molecule has 0 saturated carbocycles. The summed E-state index contributed by atoms with van der Waals surface area (Å²) in [6.45, 7) is 8.72. The summed E-state index contributed by atoms with van der Waals surface area (Å²) in [6, 6.07) is 0. The first-order valence-electron chi connectivity index (χ1n) is 4.44. The summed E-state index contributed by atoms with van der Waals surface area (Å²) in [6.07, 6.45) is -0.498. The highest BCUT2D eigenvalue weighted by atomic mass is 35.5. The Hall–Kier alpha value is -0.150. The molecule has 0 aromatic heterocycles. The number of nitrogens with zero attached hydrogens (tertiary/aromatic N) is 1. The molecule has 0 heterocycles. The number of amides is 1. The molecule has 0 rings (SSSR count). The van der Waals surface area contributed by atoms with Crippen LogP contribution in [0.3, 0.4) is 0 Å². The zero-order valence-electron chi connectivity index (χ0n) is 9.17. The lowest BCUT2D eigenvalue weighted by atomic mass is 10.2. The Morgan fingerprint density at radius 1 is 1.21 bits per heavy atom. The van der Waals surface area contributed by atoms with E-state index >= 15 is 0 Å². The lowest BCUT2D eigenvalue weighted by molar-refractivity contribution is 0.0217. The fourth-order valence-electron chi connectivity index (χ4n) is 0.888. The Balaban J connectivity index is 4.47. The van der Waals surface area contributed by atoms with Crippen LogP contribution in [-0.4, -0.2) is 27.6 Å². The highest BCUT2D eigenvalue weighted by molar-refractivity contribution is 6.24. The topological polar surface area (TPSA) is 29.5 Å². The minimum absolute atomic E-state index is 0.489. The van der Waals surface area contributed by atoms with Crippen molar-refractivity contribution >= 4 is 29.3 Å². The summed E-state index contributed by atoms with van der Waals surface area (Å²) in [5.41, 5.74) is -1.51. The normalized spacial score (nSPS) is 15.9. The van der Waals surface area contributed by atoms with Crippen LogP contribution in [0.1, 0.15) is 34.6 Å². The molecule has 2 atom stereocenters. The number of carbonyl (C=O) groups is 1. The van der Waals surface area contributed by atoms with Crippen LogP contribution in [0, 0.1) is 0 Å². The first-order chi connectivity index (χ1) is 6.15. The predicted molar refractivity (Wildman–Crippen MR) is 58.7 cm³/mol. The molecule has 0 saturated heterocycles. The van der Waals surface area contributed by atoms with Crippen molar-refractivity contribution in [2.24, 2.45) is 0 Å². The highest BCUT2D eigenvalue weighted by Gasteiger charge is 2.27. The Morgan fingerprint density at radius 2 is 1.57 bits per heavy atom. The first kappa shape index (κ1) is 13.8. The van der Waals surface area contributed by atoms with Gasteiger partial charge in [0.05, 0.1) is 0 Å². The van der Waals surface area contributed by atoms with E-state index in [1.165, 1.54) is 4.90 Å². The molecule has 0 aliphatic carbocycles. The van der Waals surface area contributed by atoms with Crippen molar-refractivity contribution in [1.29, 1.82) is 0 Å². The number of carbonyl (C=O) groups excluding carboxylic acids is 1. The highest BCUT2D eigenvalue weighted by Crippen LogP contribution is 2.17. The fraction of sp³-hybridized carbons (Fsp3) is 0.889. The zero-order chi connectivity index (χ0) is 11.5. The van der Waals surface area contributed by atoms with Crippen LogP contribution in [0.25, 0.3) is 0 Å². The molecule has 84 valence electrons. The van der Waals surface area contributed by atoms with E-state index in [1.807, 2.05) is 0 Å². The maximum atomic E-state index is 11.6. The molecular weight excluding hydrogens is 225 g/mol. The molecular formula is C9H17Cl2NO2. The zero-order valence-corrected chi connectivity index (χ0v) is 10.7. The molecule has 0 spiro atoms. The third kappa shape index (κ3) is 4.91. The Bertz CT molecular complexity index is 191. The van der Waals surface area contributed by atoms with E-state index in [0.29, 0.717) is 0 Å². The van der Waals surface area contributed by atoms with Crippen molar-refractivity contribution in [3.8, 4) is 0 Å². The van der Waals surface area contributed by atoms with Gasteiger partial charge in [-0.2, -0.15) is 0 Å². The second-order valence-electron chi connectivity index (χ2n) is 4.04. The number of halogens is 2. The molecule has 3 nitrogen and oxygen atoms in total. The van der Waals surface area contributed by atoms with Crippen LogP contribution in [0.5, 0.6) is 0 Å². The first-order valence-corrected chi connectivity index (χ1v) is 5.32. The van der Waals surface area contributed by atoms with Gasteiger partial charge < -0.3 is 4.74 Å². The molecule has 2 unspecified atom stereocenters. The van der Waals surface area contributed by atoms with Gasteiger partial charge in [-0.1, -0.05) is 23.2 Å². The van der Waals surface area contributed by atoms with Gasteiger partial charge in [-0.15, -0.1) is 0 Å². The quantitative estimate of drug-likeness (QED) is 0.548. The van der Waals surface area contributed by atoms with Gasteiger partial charge in [-0.25, -0.2) is 4.79 Å². The Morgan fingerprint density at radius 3 is 1.79 bits per heavy atom. The summed E-state index contributed by atoms with van der Waals surface area (Å²) in [5, 5.41) is 0. The van der Waals surface area contributed by atoms with Gasteiger partial charge in [0.2, 0.25) is 0 Å². The number of ether oxygens (including phenoxy) is 1. The number of hydrogen-bond donors (Lipinski definition) is 0. The SMILES string of the molecule is CC(Cl)N(C(=O)OC(C)(C)C)C(C)Cl. The van der Waals surface area contributed by atoms with E-state index in [-0.39, 0.29) is 0 Å². The smallest absolute Gasteiger partial charge is 0.412 e. The van der Waals surface area contributed by atoms with Crippen molar-refractivity contribution in [1.82, 2.24) is 4.90 Å². The fourth-order valence-corrected chi connectivity index (χ4v) is 1.44. The van der Waals surface area contributed by atoms with Gasteiger partial charge in [0.25, 0.3) is 0 Å². The van der Waals surface area contributed by atoms with E-state index in [4.69, 9.17) is 27.9 Å². The van der Waals surface area contributed by atoms with Crippen LogP contribution >= 0.6 is 23.2 Å². The van der Waals surface area contributed by atoms with Crippen molar-refractivity contribution in [3.05, 3.63) is 0 Å². The van der Waals surface area contributed by atoms with E-state index in [2.05, 4.69) is 0 Å². The summed E-state index contributed by atoms with van der Waals surface area (Å²) < 4.78 is 5.14. The lowest BCUT2D eigenvalue weighted by Gasteiger charge is -2.30. The summed E-state index contributed by atoms with van der Waals surface area (Å²) >= 11 is 11.6. The van der Waals surface area contributed by atoms with Gasteiger partial charge in [0, 0.05) is 0 Å². The second kappa shape index (κ2) is 5.08. The van der Waals surface area contributed by atoms with Crippen LogP contribution in [0.2, 0.25) is 0 Å². The molecule has 14 heavy (non-hydrogen) atoms. The second-order valence-corrected chi connectivity index (χ2v) is 5.30. The largest absolute Gasteiger partial charge is 0.444 e. The van der Waals surface area contributed by atoms with Crippen LogP contribution in [0.15, 0.2) is 0 Å². The van der Waals surface area contributed by atoms with E-state index in [9.17, 15) is 4.79 Å².